The first-order valence-electron chi connectivity index (χ1n) is 29.7. The largest absolute Gasteiger partial charge is 0.316 e. The number of quaternary nitrogens is 1. The minimum absolute atomic E-state index is 0.0798. The van der Waals surface area contributed by atoms with E-state index < -0.39 is 10.1 Å². The Morgan fingerprint density at radius 3 is 0.492 bits per heavy atom. The first-order chi connectivity index (χ1) is 30.9. The molecule has 0 bridgehead atoms. The lowest BCUT2D eigenvalue weighted by atomic mass is 10.0. The van der Waals surface area contributed by atoms with Gasteiger partial charge in [-0.15, -0.1) is 0 Å². The quantitative estimate of drug-likeness (QED) is 0.0376. The monoisotopic (exact) mass is 911 g/mol. The Morgan fingerprint density at radius 2 is 0.365 bits per heavy atom. The summed E-state index contributed by atoms with van der Waals surface area (Å²) in [7, 11) is -4.03. The van der Waals surface area contributed by atoms with Crippen LogP contribution in [0, 0.1) is 0 Å². The van der Waals surface area contributed by atoms with Gasteiger partial charge in [-0.25, -0.2) is 0 Å². The predicted octanol–water partition coefficient (Wildman–Crippen LogP) is 20.6. The second-order valence-electron chi connectivity index (χ2n) is 21.2. The van der Waals surface area contributed by atoms with Gasteiger partial charge in [0.1, 0.15) is 0 Å². The van der Waals surface area contributed by atoms with E-state index >= 15 is 0 Å². The molecule has 5 heteroatoms. The summed E-state index contributed by atoms with van der Waals surface area (Å²) in [6.07, 6.45) is 69.5. The highest BCUT2D eigenvalue weighted by Crippen LogP contribution is 2.22. The molecule has 1 N–H and O–H groups in total. The average molecular weight is 912 g/mol. The van der Waals surface area contributed by atoms with Crippen LogP contribution in [0.1, 0.15) is 348 Å². The Bertz CT molecular complexity index is 861. The van der Waals surface area contributed by atoms with Crippen molar-refractivity contribution in [3.63, 3.8) is 0 Å². The minimum Gasteiger partial charge on any atom is -0.309 e. The maximum absolute atomic E-state index is 12.5. The predicted molar refractivity (Wildman–Crippen MR) is 284 cm³/mol. The van der Waals surface area contributed by atoms with Crippen molar-refractivity contribution in [3.8, 4) is 0 Å². The molecule has 0 spiro atoms. The zero-order chi connectivity index (χ0) is 45.9. The Labute approximate surface area is 399 Å². The van der Waals surface area contributed by atoms with E-state index in [9.17, 15) is 13.0 Å². The summed E-state index contributed by atoms with van der Waals surface area (Å²) in [5.74, 6) is -0.0798. The third-order valence-corrected chi connectivity index (χ3v) is 15.5. The van der Waals surface area contributed by atoms with Crippen LogP contribution >= 0.6 is 0 Å². The van der Waals surface area contributed by atoms with Gasteiger partial charge in [0, 0.05) is 0 Å². The summed E-state index contributed by atoms with van der Waals surface area (Å²) in [4.78, 5) is 0. The first-order valence-corrected chi connectivity index (χ1v) is 31.3. The van der Waals surface area contributed by atoms with Crippen LogP contribution < -0.4 is 0 Å². The van der Waals surface area contributed by atoms with Gasteiger partial charge >= 0.3 is 10.1 Å². The summed E-state index contributed by atoms with van der Waals surface area (Å²) in [5, 5.41) is 0. The summed E-state index contributed by atoms with van der Waals surface area (Å²) in [6.45, 7) is 9.63. The second kappa shape index (κ2) is 51.3. The van der Waals surface area contributed by atoms with Gasteiger partial charge in [-0.2, -0.15) is 8.42 Å². The number of unbranched alkanes of at least 4 members (excludes halogenated alkanes) is 48. The molecule has 0 aliphatic rings. The highest BCUT2D eigenvalue weighted by atomic mass is 32.2. The van der Waals surface area contributed by atoms with Crippen molar-refractivity contribution in [2.45, 2.75) is 348 Å². The molecule has 0 rings (SSSR count). The van der Waals surface area contributed by atoms with Crippen molar-refractivity contribution in [2.24, 2.45) is 0 Å². The molecule has 0 aliphatic carbocycles. The number of rotatable bonds is 56. The van der Waals surface area contributed by atoms with E-state index in [-0.39, 0.29) is 5.88 Å². The van der Waals surface area contributed by atoms with E-state index in [1.807, 2.05) is 0 Å². The van der Waals surface area contributed by atoms with E-state index in [2.05, 4.69) is 20.8 Å². The normalized spacial score (nSPS) is 12.3. The Morgan fingerprint density at radius 1 is 0.238 bits per heavy atom. The summed E-state index contributed by atoms with van der Waals surface area (Å²) >= 11 is 0. The van der Waals surface area contributed by atoms with Crippen molar-refractivity contribution in [1.82, 2.24) is 0 Å². The lowest BCUT2D eigenvalue weighted by Gasteiger charge is -2.38. The highest BCUT2D eigenvalue weighted by Gasteiger charge is 2.31. The molecule has 380 valence electrons. The summed E-state index contributed by atoms with van der Waals surface area (Å²) in [5.41, 5.74) is 0. The fraction of sp³-hybridized carbons (Fsp3) is 1.00. The fourth-order valence-corrected chi connectivity index (χ4v) is 11.5. The summed E-state index contributed by atoms with van der Waals surface area (Å²) in [6, 6.07) is 0. The third-order valence-electron chi connectivity index (χ3n) is 14.6. The molecule has 0 atom stereocenters. The molecule has 0 aliphatic heterocycles. The van der Waals surface area contributed by atoms with Crippen LogP contribution in [0.4, 0.5) is 0 Å². The lowest BCUT2D eigenvalue weighted by molar-refractivity contribution is -0.918. The molecule has 0 heterocycles. The molecule has 0 aromatic rings. The van der Waals surface area contributed by atoms with E-state index in [4.69, 9.17) is 0 Å². The van der Waals surface area contributed by atoms with Gasteiger partial charge in [0.05, 0.1) is 19.6 Å². The molecular weight excluding hydrogens is 791 g/mol. The number of hydrogen-bond acceptors (Lipinski definition) is 2. The SMILES string of the molecule is CCCCCCCCCCCCCCCCCCC[N+](CCCCCCCCCCCCCCCCCCC)(CCCCCCCCCCCCCCCCCCC)CS(=O)(=O)O. The fourth-order valence-electron chi connectivity index (χ4n) is 10.4. The molecule has 0 amide bonds. The van der Waals surface area contributed by atoms with Crippen LogP contribution in [0.3, 0.4) is 0 Å². The second-order valence-corrected chi connectivity index (χ2v) is 22.6. The van der Waals surface area contributed by atoms with Crippen molar-refractivity contribution in [3.05, 3.63) is 0 Å². The van der Waals surface area contributed by atoms with E-state index in [1.165, 1.54) is 308 Å². The lowest BCUT2D eigenvalue weighted by Crippen LogP contribution is -2.53. The Balaban J connectivity index is 4.52. The van der Waals surface area contributed by atoms with Gasteiger partial charge < -0.3 is 4.48 Å². The first kappa shape index (κ1) is 62.9. The van der Waals surface area contributed by atoms with Gasteiger partial charge in [0.15, 0.2) is 0 Å². The molecular formula is C58H120NO3S+. The van der Waals surface area contributed by atoms with Gasteiger partial charge in [-0.3, -0.25) is 4.55 Å². The molecule has 4 nitrogen and oxygen atoms in total. The van der Waals surface area contributed by atoms with Gasteiger partial charge in [-0.05, 0) is 38.5 Å². The molecule has 0 unspecified atom stereocenters. The van der Waals surface area contributed by atoms with Crippen LogP contribution in [0.5, 0.6) is 0 Å². The van der Waals surface area contributed by atoms with Gasteiger partial charge in [-0.1, -0.05) is 310 Å². The van der Waals surface area contributed by atoms with E-state index in [0.29, 0.717) is 4.48 Å². The molecule has 0 aromatic carbocycles. The molecule has 0 aromatic heterocycles. The average Bonchev–Trinajstić information content (AvgIpc) is 3.26. The van der Waals surface area contributed by atoms with Crippen molar-refractivity contribution >= 4 is 10.1 Å². The standard InChI is InChI=1S/C58H119NO3S/c1-4-7-10-13-16-19-22-25-28-31-34-37-40-43-46-49-52-55-59(58-63(60,61)62,56-53-50-47-44-41-38-35-32-29-26-23-20-17-14-11-8-5-2)57-54-51-48-45-42-39-36-33-30-27-24-21-18-15-12-9-6-3/h4-58H2,1-3H3/p+1. The van der Waals surface area contributed by atoms with Crippen LogP contribution in [0.15, 0.2) is 0 Å². The van der Waals surface area contributed by atoms with Crippen LogP contribution in [-0.4, -0.2) is 43.0 Å². The topological polar surface area (TPSA) is 54.4 Å². The van der Waals surface area contributed by atoms with Crippen LogP contribution in [-0.2, 0) is 10.1 Å². The summed E-state index contributed by atoms with van der Waals surface area (Å²) < 4.78 is 35.9. The Kier molecular flexibility index (Phi) is 51.2. The van der Waals surface area contributed by atoms with Gasteiger partial charge in [0.2, 0.25) is 5.88 Å². The van der Waals surface area contributed by atoms with Crippen LogP contribution in [0.25, 0.3) is 0 Å². The number of nitrogens with zero attached hydrogens (tertiary/aromatic N) is 1. The van der Waals surface area contributed by atoms with E-state index in [0.717, 1.165) is 38.9 Å². The van der Waals surface area contributed by atoms with Gasteiger partial charge in [0.25, 0.3) is 0 Å². The van der Waals surface area contributed by atoms with Crippen molar-refractivity contribution in [1.29, 1.82) is 0 Å². The van der Waals surface area contributed by atoms with Crippen LogP contribution in [0.2, 0.25) is 0 Å². The maximum atomic E-state index is 12.5. The molecule has 0 saturated carbocycles. The highest BCUT2D eigenvalue weighted by molar-refractivity contribution is 7.85. The molecule has 0 radical (unpaired) electrons. The zero-order valence-corrected chi connectivity index (χ0v) is 44.8. The molecule has 63 heavy (non-hydrogen) atoms. The Hall–Kier alpha value is -0.130. The molecule has 0 saturated heterocycles. The maximum Gasteiger partial charge on any atom is 0.316 e. The van der Waals surface area contributed by atoms with E-state index in [1.54, 1.807) is 0 Å². The van der Waals surface area contributed by atoms with Crippen molar-refractivity contribution < 1.29 is 17.5 Å². The molecule has 0 fully saturated rings. The van der Waals surface area contributed by atoms with Crippen molar-refractivity contribution in [2.75, 3.05) is 25.5 Å². The smallest absolute Gasteiger partial charge is 0.309 e. The third kappa shape index (κ3) is 51.1. The zero-order valence-electron chi connectivity index (χ0n) is 44.0. The number of hydrogen-bond donors (Lipinski definition) is 1. The minimum atomic E-state index is -4.03.